The van der Waals surface area contributed by atoms with Gasteiger partial charge in [-0.3, -0.25) is 4.79 Å². The molecule has 1 atom stereocenters. The molecular weight excluding hydrogens is 409 g/mol. The first-order valence-corrected chi connectivity index (χ1v) is 10.1. The zero-order chi connectivity index (χ0) is 23.5. The number of ether oxygens (including phenoxy) is 1. The fraction of sp³-hybridized carbons (Fsp3) is 0.261. The molecule has 0 fully saturated rings. The Labute approximate surface area is 187 Å². The summed E-state index contributed by atoms with van der Waals surface area (Å²) >= 11 is 0. The van der Waals surface area contributed by atoms with Crippen molar-refractivity contribution in [3.8, 4) is 6.07 Å². The molecule has 2 aromatic carbocycles. The van der Waals surface area contributed by atoms with E-state index in [4.69, 9.17) is 4.74 Å². The van der Waals surface area contributed by atoms with Gasteiger partial charge in [-0.15, -0.1) is 0 Å². The molecule has 0 aliphatic rings. The highest BCUT2D eigenvalue weighted by molar-refractivity contribution is 6.43. The summed E-state index contributed by atoms with van der Waals surface area (Å²) in [4.78, 5) is 25.4. The predicted octanol–water partition coefficient (Wildman–Crippen LogP) is 1.57. The first-order chi connectivity index (χ1) is 15.3. The number of alkyl carbamates (subject to hydrolysis) is 1. The van der Waals surface area contributed by atoms with Crippen molar-refractivity contribution >= 4 is 25.2 Å². The van der Waals surface area contributed by atoms with Crippen molar-refractivity contribution in [3.63, 3.8) is 0 Å². The number of amides is 2. The first-order valence-electron chi connectivity index (χ1n) is 10.1. The van der Waals surface area contributed by atoms with Gasteiger partial charge in [-0.2, -0.15) is 5.26 Å². The molecule has 0 aliphatic carbocycles. The third-order valence-corrected chi connectivity index (χ3v) is 4.60. The molecule has 3 N–H and O–H groups in total. The summed E-state index contributed by atoms with van der Waals surface area (Å²) < 4.78 is 5.18. The molecule has 0 aliphatic heterocycles. The second-order valence-corrected chi connectivity index (χ2v) is 7.35. The third kappa shape index (κ3) is 7.91. The van der Waals surface area contributed by atoms with Gasteiger partial charge in [-0.25, -0.2) is 4.79 Å². The van der Waals surface area contributed by atoms with E-state index in [0.29, 0.717) is 12.0 Å². The number of carbonyl (C=O) groups excluding carboxylic acids is 2. The summed E-state index contributed by atoms with van der Waals surface area (Å²) in [6.07, 6.45) is 1.41. The Bertz CT molecular complexity index is 987. The predicted molar refractivity (Wildman–Crippen MR) is 121 cm³/mol. The second kappa shape index (κ2) is 12.3. The van der Waals surface area contributed by atoms with Crippen LogP contribution in [-0.4, -0.2) is 60.7 Å². The Morgan fingerprint density at radius 2 is 1.84 bits per heavy atom. The van der Waals surface area contributed by atoms with E-state index in [2.05, 4.69) is 5.32 Å². The number of likely N-dealkylation sites (N-methyl/N-ethyl adjacent to an activating group) is 1. The van der Waals surface area contributed by atoms with Crippen LogP contribution in [-0.2, 0) is 22.4 Å². The maximum Gasteiger partial charge on any atom is 0.475 e. The van der Waals surface area contributed by atoms with Crippen molar-refractivity contribution in [2.24, 2.45) is 0 Å². The Hall–Kier alpha value is -3.61. The average molecular weight is 435 g/mol. The van der Waals surface area contributed by atoms with Gasteiger partial charge in [0.15, 0.2) is 0 Å². The van der Waals surface area contributed by atoms with Crippen molar-refractivity contribution in [3.05, 3.63) is 76.9 Å². The lowest BCUT2D eigenvalue weighted by atomic mass is 9.76. The smallest absolute Gasteiger partial charge is 0.449 e. The third-order valence-electron chi connectivity index (χ3n) is 4.60. The minimum Gasteiger partial charge on any atom is -0.449 e. The highest BCUT2D eigenvalue weighted by Gasteiger charge is 2.26. The van der Waals surface area contributed by atoms with E-state index >= 15 is 0 Å². The Balaban J connectivity index is 1.91. The summed E-state index contributed by atoms with van der Waals surface area (Å²) in [5.41, 5.74) is 2.41. The molecule has 0 bridgehead atoms. The highest BCUT2D eigenvalue weighted by atomic mass is 16.5. The SMILES string of the molecule is CN(C)C(=O)C(C#N)=Cc1cccc(CCOC(=O)N[C@@H](Cc2ccccc2)B(O)O)c1. The Kier molecular flexibility index (Phi) is 9.48. The number of nitrogens with one attached hydrogen (secondary N) is 1. The van der Waals surface area contributed by atoms with Crippen LogP contribution >= 0.6 is 0 Å². The molecule has 2 amide bonds. The van der Waals surface area contributed by atoms with Crippen LogP contribution in [0.25, 0.3) is 6.08 Å². The molecule has 8 nitrogen and oxygen atoms in total. The second-order valence-electron chi connectivity index (χ2n) is 7.35. The number of nitrogens with zero attached hydrogens (tertiary/aromatic N) is 2. The lowest BCUT2D eigenvalue weighted by molar-refractivity contribution is -0.124. The van der Waals surface area contributed by atoms with Crippen LogP contribution in [0.2, 0.25) is 0 Å². The van der Waals surface area contributed by atoms with E-state index in [9.17, 15) is 24.9 Å². The molecule has 0 heterocycles. The molecule has 0 saturated heterocycles. The van der Waals surface area contributed by atoms with Crippen molar-refractivity contribution in [2.75, 3.05) is 20.7 Å². The summed E-state index contributed by atoms with van der Waals surface area (Å²) in [6, 6.07) is 18.3. The zero-order valence-electron chi connectivity index (χ0n) is 18.1. The van der Waals surface area contributed by atoms with Gasteiger partial charge in [0.05, 0.1) is 12.5 Å². The molecule has 0 aromatic heterocycles. The topological polar surface area (TPSA) is 123 Å². The highest BCUT2D eigenvalue weighted by Crippen LogP contribution is 2.12. The normalized spacial score (nSPS) is 11.8. The van der Waals surface area contributed by atoms with Gasteiger partial charge in [0.25, 0.3) is 5.91 Å². The van der Waals surface area contributed by atoms with Crippen molar-refractivity contribution in [2.45, 2.75) is 18.8 Å². The molecule has 32 heavy (non-hydrogen) atoms. The van der Waals surface area contributed by atoms with E-state index in [1.54, 1.807) is 32.3 Å². The van der Waals surface area contributed by atoms with Crippen molar-refractivity contribution < 1.29 is 24.4 Å². The van der Waals surface area contributed by atoms with E-state index < -0.39 is 19.2 Å². The van der Waals surface area contributed by atoms with Crippen molar-refractivity contribution in [1.82, 2.24) is 10.2 Å². The minimum atomic E-state index is -1.73. The van der Waals surface area contributed by atoms with Gasteiger partial charge in [0.2, 0.25) is 0 Å². The van der Waals surface area contributed by atoms with Crippen LogP contribution in [0.3, 0.4) is 0 Å². The van der Waals surface area contributed by atoms with Gasteiger partial charge in [0.1, 0.15) is 11.6 Å². The van der Waals surface area contributed by atoms with Gasteiger partial charge in [-0.05, 0) is 29.2 Å². The Morgan fingerprint density at radius 1 is 1.16 bits per heavy atom. The number of rotatable bonds is 9. The number of hydrogen-bond acceptors (Lipinski definition) is 6. The van der Waals surface area contributed by atoms with Crippen LogP contribution in [0.15, 0.2) is 60.2 Å². The molecule has 0 spiro atoms. The number of carbonyl (C=O) groups is 2. The summed E-state index contributed by atoms with van der Waals surface area (Å²) in [6.45, 7) is 0.0698. The maximum atomic E-state index is 12.1. The number of benzene rings is 2. The number of hydrogen-bond donors (Lipinski definition) is 3. The van der Waals surface area contributed by atoms with E-state index in [1.165, 1.54) is 11.0 Å². The lowest BCUT2D eigenvalue weighted by Crippen LogP contribution is -2.48. The van der Waals surface area contributed by atoms with Gasteiger partial charge >= 0.3 is 13.2 Å². The fourth-order valence-corrected chi connectivity index (χ4v) is 2.94. The molecule has 9 heteroatoms. The molecule has 0 radical (unpaired) electrons. The standard InChI is InChI=1S/C23H26BN3O5/c1-27(2)22(28)20(16-25)14-19-10-6-9-18(13-19)11-12-32-23(29)26-21(24(30)31)15-17-7-4-3-5-8-17/h3-10,13-14,21,30-31H,11-12,15H2,1-2H3,(H,26,29)/t21-/m0/s1. The zero-order valence-corrected chi connectivity index (χ0v) is 18.1. The molecular formula is C23H26BN3O5. The van der Waals surface area contributed by atoms with Crippen LogP contribution in [0, 0.1) is 11.3 Å². The largest absolute Gasteiger partial charge is 0.475 e. The van der Waals surface area contributed by atoms with E-state index in [-0.39, 0.29) is 24.5 Å². The Morgan fingerprint density at radius 3 is 2.47 bits per heavy atom. The van der Waals surface area contributed by atoms with Crippen LogP contribution < -0.4 is 5.32 Å². The van der Waals surface area contributed by atoms with E-state index in [1.807, 2.05) is 42.5 Å². The monoisotopic (exact) mass is 435 g/mol. The molecule has 0 unspecified atom stereocenters. The molecule has 2 rings (SSSR count). The minimum absolute atomic E-state index is 0.0230. The fourth-order valence-electron chi connectivity index (χ4n) is 2.94. The van der Waals surface area contributed by atoms with Crippen LogP contribution in [0.5, 0.6) is 0 Å². The van der Waals surface area contributed by atoms with Gasteiger partial charge in [0, 0.05) is 20.5 Å². The lowest BCUT2D eigenvalue weighted by Gasteiger charge is -2.17. The summed E-state index contributed by atoms with van der Waals surface area (Å²) in [5, 5.41) is 30.8. The molecule has 2 aromatic rings. The van der Waals surface area contributed by atoms with Crippen LogP contribution in [0.4, 0.5) is 4.79 Å². The molecule has 166 valence electrons. The molecule has 0 saturated carbocycles. The van der Waals surface area contributed by atoms with E-state index in [0.717, 1.165) is 11.1 Å². The van der Waals surface area contributed by atoms with Crippen LogP contribution in [0.1, 0.15) is 16.7 Å². The summed E-state index contributed by atoms with van der Waals surface area (Å²) in [5.74, 6) is -1.29. The van der Waals surface area contributed by atoms with Gasteiger partial charge < -0.3 is 25.0 Å². The number of nitriles is 1. The quantitative estimate of drug-likeness (QED) is 0.312. The first kappa shape index (κ1) is 24.7. The van der Waals surface area contributed by atoms with Gasteiger partial charge in [-0.1, -0.05) is 54.6 Å². The maximum absolute atomic E-state index is 12.1. The van der Waals surface area contributed by atoms with Crippen molar-refractivity contribution in [1.29, 1.82) is 5.26 Å². The average Bonchev–Trinajstić information content (AvgIpc) is 2.77. The summed E-state index contributed by atoms with van der Waals surface area (Å²) in [7, 11) is 1.42.